The van der Waals surface area contributed by atoms with Gasteiger partial charge in [-0.25, -0.2) is 0 Å². The highest BCUT2D eigenvalue weighted by Crippen LogP contribution is 2.33. The third kappa shape index (κ3) is 2.81. The van der Waals surface area contributed by atoms with Crippen LogP contribution in [0.5, 0.6) is 0 Å². The first-order chi connectivity index (χ1) is 11.0. The summed E-state index contributed by atoms with van der Waals surface area (Å²) < 4.78 is 7.71. The number of halogens is 1. The van der Waals surface area contributed by atoms with Gasteiger partial charge in [-0.3, -0.25) is 4.79 Å². The maximum atomic E-state index is 13.0. The van der Waals surface area contributed by atoms with Crippen LogP contribution in [-0.4, -0.2) is 4.57 Å². The smallest absolute Gasteiger partial charge is 0.262 e. The summed E-state index contributed by atoms with van der Waals surface area (Å²) in [4.78, 5) is 13.0. The molecule has 0 bridgehead atoms. The van der Waals surface area contributed by atoms with Crippen molar-refractivity contribution in [1.29, 1.82) is 0 Å². The highest BCUT2D eigenvalue weighted by atomic mass is 35.5. The fourth-order valence-corrected chi connectivity index (χ4v) is 3.13. The van der Waals surface area contributed by atoms with Crippen molar-refractivity contribution >= 4 is 22.6 Å². The van der Waals surface area contributed by atoms with Crippen molar-refractivity contribution in [2.75, 3.05) is 0 Å². The van der Waals surface area contributed by atoms with Gasteiger partial charge in [-0.2, -0.15) is 0 Å². The van der Waals surface area contributed by atoms with Crippen LogP contribution < -0.4 is 5.56 Å². The van der Waals surface area contributed by atoms with Crippen molar-refractivity contribution in [2.45, 2.75) is 40.2 Å². The molecule has 0 saturated carbocycles. The van der Waals surface area contributed by atoms with Gasteiger partial charge in [0.15, 0.2) is 0 Å². The molecule has 1 aromatic carbocycles. The van der Waals surface area contributed by atoms with Gasteiger partial charge in [0.2, 0.25) is 0 Å². The van der Waals surface area contributed by atoms with Crippen LogP contribution in [0.1, 0.15) is 31.2 Å². The second kappa shape index (κ2) is 6.25. The number of furan rings is 1. The zero-order valence-electron chi connectivity index (χ0n) is 13.6. The molecule has 3 nitrogen and oxygen atoms in total. The van der Waals surface area contributed by atoms with Gasteiger partial charge >= 0.3 is 0 Å². The van der Waals surface area contributed by atoms with Crippen LogP contribution in [0.15, 0.2) is 39.5 Å². The third-order valence-electron chi connectivity index (χ3n) is 4.20. The van der Waals surface area contributed by atoms with E-state index in [0.717, 1.165) is 42.0 Å². The van der Waals surface area contributed by atoms with Crippen LogP contribution in [0.3, 0.4) is 0 Å². The number of benzene rings is 1. The minimum Gasteiger partial charge on any atom is -0.460 e. The number of hydrogen-bond donors (Lipinski definition) is 0. The number of aromatic nitrogens is 1. The van der Waals surface area contributed by atoms with E-state index in [-0.39, 0.29) is 5.56 Å². The van der Waals surface area contributed by atoms with Gasteiger partial charge in [0, 0.05) is 28.9 Å². The first-order valence-corrected chi connectivity index (χ1v) is 8.30. The first kappa shape index (κ1) is 15.9. The monoisotopic (exact) mass is 329 g/mol. The van der Waals surface area contributed by atoms with E-state index in [2.05, 4.69) is 6.92 Å². The number of rotatable bonds is 4. The van der Waals surface area contributed by atoms with Gasteiger partial charge < -0.3 is 8.98 Å². The average Bonchev–Trinajstić information content (AvgIpc) is 2.84. The van der Waals surface area contributed by atoms with Crippen LogP contribution >= 0.6 is 11.6 Å². The standard InChI is InChI=1S/C19H20ClNO2/c1-4-5-10-21-12(2)11-16-18(19(21)22)17(13(3)23-16)14-6-8-15(20)9-7-14/h6-9,11H,4-5,10H2,1-3H3. The van der Waals surface area contributed by atoms with Crippen LogP contribution in [0.25, 0.3) is 22.1 Å². The molecular weight excluding hydrogens is 310 g/mol. The predicted molar refractivity (Wildman–Crippen MR) is 95.3 cm³/mol. The van der Waals surface area contributed by atoms with Crippen LogP contribution in [0, 0.1) is 13.8 Å². The number of fused-ring (bicyclic) bond motifs is 1. The molecule has 0 amide bonds. The van der Waals surface area contributed by atoms with E-state index in [4.69, 9.17) is 16.0 Å². The molecular formula is C19H20ClNO2. The topological polar surface area (TPSA) is 35.1 Å². The van der Waals surface area contributed by atoms with Crippen molar-refractivity contribution in [3.8, 4) is 11.1 Å². The van der Waals surface area contributed by atoms with Gasteiger partial charge in [-0.05, 0) is 38.0 Å². The molecule has 0 fully saturated rings. The van der Waals surface area contributed by atoms with Gasteiger partial charge in [0.05, 0.1) is 5.39 Å². The molecule has 0 radical (unpaired) electrons. The zero-order chi connectivity index (χ0) is 16.6. The fourth-order valence-electron chi connectivity index (χ4n) is 3.00. The van der Waals surface area contributed by atoms with Crippen LogP contribution in [-0.2, 0) is 6.54 Å². The van der Waals surface area contributed by atoms with Gasteiger partial charge in [0.1, 0.15) is 11.3 Å². The quantitative estimate of drug-likeness (QED) is 0.648. The molecule has 120 valence electrons. The van der Waals surface area contributed by atoms with Gasteiger partial charge in [0.25, 0.3) is 5.56 Å². The Morgan fingerprint density at radius 2 is 1.87 bits per heavy atom. The summed E-state index contributed by atoms with van der Waals surface area (Å²) in [6.45, 7) is 6.72. The maximum Gasteiger partial charge on any atom is 0.262 e. The minimum atomic E-state index is 0.0234. The lowest BCUT2D eigenvalue weighted by Gasteiger charge is -2.09. The van der Waals surface area contributed by atoms with E-state index in [1.54, 1.807) is 0 Å². The summed E-state index contributed by atoms with van der Waals surface area (Å²) in [5, 5.41) is 1.34. The maximum absolute atomic E-state index is 13.0. The van der Waals surface area contributed by atoms with Crippen molar-refractivity contribution in [3.63, 3.8) is 0 Å². The first-order valence-electron chi connectivity index (χ1n) is 7.92. The number of unbranched alkanes of at least 4 members (excludes halogenated alkanes) is 1. The number of aryl methyl sites for hydroxylation is 2. The molecule has 2 heterocycles. The minimum absolute atomic E-state index is 0.0234. The van der Waals surface area contributed by atoms with E-state index in [9.17, 15) is 4.79 Å². The van der Waals surface area contributed by atoms with E-state index >= 15 is 0 Å². The number of pyridine rings is 1. The molecule has 3 rings (SSSR count). The molecule has 4 heteroatoms. The second-order valence-corrected chi connectivity index (χ2v) is 6.31. The second-order valence-electron chi connectivity index (χ2n) is 5.88. The predicted octanol–water partition coefficient (Wildman–Crippen LogP) is 5.33. The summed E-state index contributed by atoms with van der Waals surface area (Å²) >= 11 is 5.98. The lowest BCUT2D eigenvalue weighted by atomic mass is 10.0. The molecule has 0 aliphatic rings. The SMILES string of the molecule is CCCCn1c(C)cc2oc(C)c(-c3ccc(Cl)cc3)c2c1=O. The Morgan fingerprint density at radius 3 is 2.52 bits per heavy atom. The summed E-state index contributed by atoms with van der Waals surface area (Å²) in [6.07, 6.45) is 2.04. The third-order valence-corrected chi connectivity index (χ3v) is 4.46. The Labute approximate surface area is 140 Å². The van der Waals surface area contributed by atoms with Gasteiger partial charge in [-0.1, -0.05) is 37.1 Å². The molecule has 23 heavy (non-hydrogen) atoms. The van der Waals surface area contributed by atoms with Crippen molar-refractivity contribution in [3.05, 3.63) is 57.2 Å². The average molecular weight is 330 g/mol. The lowest BCUT2D eigenvalue weighted by molar-refractivity contribution is 0.572. The molecule has 0 unspecified atom stereocenters. The van der Waals surface area contributed by atoms with Gasteiger partial charge in [-0.15, -0.1) is 0 Å². The highest BCUT2D eigenvalue weighted by Gasteiger charge is 2.18. The Bertz CT molecular complexity index is 904. The van der Waals surface area contributed by atoms with E-state index in [0.29, 0.717) is 16.0 Å². The summed E-state index contributed by atoms with van der Waals surface area (Å²) in [6, 6.07) is 9.47. The Hall–Kier alpha value is -2.00. The summed E-state index contributed by atoms with van der Waals surface area (Å²) in [7, 11) is 0. The molecule has 3 aromatic rings. The number of nitrogens with zero attached hydrogens (tertiary/aromatic N) is 1. The largest absolute Gasteiger partial charge is 0.460 e. The fraction of sp³-hybridized carbons (Fsp3) is 0.316. The Morgan fingerprint density at radius 1 is 1.17 bits per heavy atom. The Balaban J connectivity index is 2.28. The van der Waals surface area contributed by atoms with E-state index in [1.807, 2.05) is 48.7 Å². The molecule has 2 aromatic heterocycles. The van der Waals surface area contributed by atoms with Crippen molar-refractivity contribution in [2.24, 2.45) is 0 Å². The highest BCUT2D eigenvalue weighted by molar-refractivity contribution is 6.30. The number of hydrogen-bond acceptors (Lipinski definition) is 2. The molecule has 0 N–H and O–H groups in total. The summed E-state index contributed by atoms with van der Waals surface area (Å²) in [5.41, 5.74) is 3.44. The molecule has 0 atom stereocenters. The molecule has 0 aliphatic carbocycles. The van der Waals surface area contributed by atoms with Crippen molar-refractivity contribution in [1.82, 2.24) is 4.57 Å². The Kier molecular flexibility index (Phi) is 4.31. The molecule has 0 saturated heterocycles. The normalized spacial score (nSPS) is 11.3. The van der Waals surface area contributed by atoms with E-state index in [1.165, 1.54) is 0 Å². The molecule has 0 spiro atoms. The lowest BCUT2D eigenvalue weighted by Crippen LogP contribution is -2.22. The summed E-state index contributed by atoms with van der Waals surface area (Å²) in [5.74, 6) is 0.757. The molecule has 0 aliphatic heterocycles. The zero-order valence-corrected chi connectivity index (χ0v) is 14.4. The van der Waals surface area contributed by atoms with E-state index < -0.39 is 0 Å². The van der Waals surface area contributed by atoms with Crippen LogP contribution in [0.2, 0.25) is 5.02 Å². The van der Waals surface area contributed by atoms with Crippen molar-refractivity contribution < 1.29 is 4.42 Å². The van der Waals surface area contributed by atoms with Crippen LogP contribution in [0.4, 0.5) is 0 Å².